The molecule has 1 rings (SSSR count). The predicted molar refractivity (Wildman–Crippen MR) is 47.0 cm³/mol. The Kier molecular flexibility index (Phi) is 3.07. The first-order valence-electron chi connectivity index (χ1n) is 2.47. The molecule has 0 aromatic carbocycles. The third kappa shape index (κ3) is 1.90. The molecular weight excluding hydrogens is 283 g/mol. The average molecular weight is 286 g/mol. The second-order valence-corrected chi connectivity index (χ2v) is 3.32. The van der Waals surface area contributed by atoms with E-state index in [1.54, 1.807) is 6.20 Å². The Morgan fingerprint density at radius 3 is 2.70 bits per heavy atom. The minimum Gasteiger partial charge on any atom is -0.230 e. The topological polar surface area (TPSA) is 25.8 Å². The molecule has 0 spiro atoms. The second kappa shape index (κ2) is 3.64. The van der Waals surface area contributed by atoms with E-state index in [1.165, 1.54) is 0 Å². The predicted octanol–water partition coefficient (Wildman–Crippen LogP) is 2.74. The van der Waals surface area contributed by atoms with E-state index >= 15 is 0 Å². The average Bonchev–Trinajstić information content (AvgIpc) is 1.88. The van der Waals surface area contributed by atoms with Crippen molar-refractivity contribution in [3.8, 4) is 0 Å². The first-order valence-corrected chi connectivity index (χ1v) is 4.59. The molecule has 10 heavy (non-hydrogen) atoms. The van der Waals surface area contributed by atoms with E-state index in [1.807, 2.05) is 0 Å². The van der Waals surface area contributed by atoms with Crippen molar-refractivity contribution in [2.75, 3.05) is 0 Å². The Morgan fingerprint density at radius 1 is 1.50 bits per heavy atom. The monoisotopic (exact) mass is 284 g/mol. The Morgan fingerprint density at radius 2 is 2.20 bits per heavy atom. The highest BCUT2D eigenvalue weighted by molar-refractivity contribution is 9.11. The van der Waals surface area contributed by atoms with Crippen molar-refractivity contribution in [2.24, 2.45) is 0 Å². The molecule has 0 bridgehead atoms. The van der Waals surface area contributed by atoms with Crippen LogP contribution < -0.4 is 0 Å². The van der Waals surface area contributed by atoms with E-state index in [0.29, 0.717) is 10.6 Å². The molecule has 0 atom stereocenters. The van der Waals surface area contributed by atoms with Gasteiger partial charge in [-0.2, -0.15) is 0 Å². The van der Waals surface area contributed by atoms with Crippen molar-refractivity contribution >= 4 is 43.5 Å². The Hall–Kier alpha value is 0.330. The number of alkyl halides is 1. The van der Waals surface area contributed by atoms with E-state index < -0.39 is 0 Å². The smallest absolute Gasteiger partial charge is 0.197 e. The number of nitrogens with zero attached hydrogens (tertiary/aromatic N) is 2. The Labute approximate surface area is 80.3 Å². The molecule has 1 heterocycles. The molecule has 0 saturated carbocycles. The van der Waals surface area contributed by atoms with Gasteiger partial charge in [0.25, 0.3) is 0 Å². The fraction of sp³-hybridized carbons (Fsp3) is 0.200. The van der Waals surface area contributed by atoms with Crippen molar-refractivity contribution < 1.29 is 0 Å². The lowest BCUT2D eigenvalue weighted by Gasteiger charge is -1.96. The quantitative estimate of drug-likeness (QED) is 0.451. The lowest BCUT2D eigenvalue weighted by atomic mass is 10.4. The van der Waals surface area contributed by atoms with Crippen LogP contribution in [0.4, 0.5) is 0 Å². The van der Waals surface area contributed by atoms with Gasteiger partial charge in [-0.15, -0.1) is 11.6 Å². The van der Waals surface area contributed by atoms with Gasteiger partial charge in [-0.1, -0.05) is 0 Å². The normalized spacial score (nSPS) is 9.90. The summed E-state index contributed by atoms with van der Waals surface area (Å²) in [4.78, 5) is 7.88. The van der Waals surface area contributed by atoms with E-state index in [0.717, 1.165) is 10.2 Å². The van der Waals surface area contributed by atoms with E-state index in [2.05, 4.69) is 41.8 Å². The summed E-state index contributed by atoms with van der Waals surface area (Å²) >= 11 is 11.9. The summed E-state index contributed by atoms with van der Waals surface area (Å²) in [6.07, 6.45) is 1.67. The van der Waals surface area contributed by atoms with Crippen LogP contribution in [-0.4, -0.2) is 9.97 Å². The van der Waals surface area contributed by atoms with Crippen molar-refractivity contribution in [3.63, 3.8) is 0 Å². The van der Waals surface area contributed by atoms with Gasteiger partial charge in [-0.05, 0) is 31.9 Å². The third-order valence-corrected chi connectivity index (χ3v) is 2.28. The van der Waals surface area contributed by atoms with Crippen LogP contribution in [0.1, 0.15) is 5.56 Å². The summed E-state index contributed by atoms with van der Waals surface area (Å²) in [6.45, 7) is 0. The lowest BCUT2D eigenvalue weighted by molar-refractivity contribution is 1.04. The zero-order chi connectivity index (χ0) is 7.56. The molecule has 0 saturated heterocycles. The molecule has 0 aliphatic heterocycles. The van der Waals surface area contributed by atoms with Crippen LogP contribution in [0.15, 0.2) is 15.5 Å². The van der Waals surface area contributed by atoms with Gasteiger partial charge in [0.2, 0.25) is 0 Å². The van der Waals surface area contributed by atoms with Crippen LogP contribution in [0, 0.1) is 0 Å². The van der Waals surface area contributed by atoms with Crippen LogP contribution >= 0.6 is 43.5 Å². The van der Waals surface area contributed by atoms with E-state index in [4.69, 9.17) is 11.6 Å². The minimum atomic E-state index is 0.424. The van der Waals surface area contributed by atoms with Crippen LogP contribution in [0.3, 0.4) is 0 Å². The second-order valence-electron chi connectivity index (χ2n) is 1.59. The van der Waals surface area contributed by atoms with Gasteiger partial charge in [-0.25, -0.2) is 9.97 Å². The number of aromatic nitrogens is 2. The fourth-order valence-corrected chi connectivity index (χ4v) is 1.74. The van der Waals surface area contributed by atoms with Crippen molar-refractivity contribution in [1.29, 1.82) is 0 Å². The molecule has 0 fully saturated rings. The highest BCUT2D eigenvalue weighted by atomic mass is 79.9. The van der Waals surface area contributed by atoms with Crippen LogP contribution in [0.5, 0.6) is 0 Å². The molecule has 0 aliphatic rings. The molecule has 5 heteroatoms. The number of hydrogen-bond acceptors (Lipinski definition) is 2. The molecule has 54 valence electrons. The number of hydrogen-bond donors (Lipinski definition) is 0. The largest absolute Gasteiger partial charge is 0.230 e. The number of halogens is 3. The highest BCUT2D eigenvalue weighted by Gasteiger charge is 1.99. The maximum absolute atomic E-state index is 5.56. The van der Waals surface area contributed by atoms with Gasteiger partial charge in [0.15, 0.2) is 4.73 Å². The van der Waals surface area contributed by atoms with Crippen LogP contribution in [0.2, 0.25) is 0 Å². The van der Waals surface area contributed by atoms with Crippen LogP contribution in [-0.2, 0) is 5.88 Å². The molecule has 0 N–H and O–H groups in total. The summed E-state index contributed by atoms with van der Waals surface area (Å²) in [6, 6.07) is 0. The summed E-state index contributed by atoms with van der Waals surface area (Å²) in [5.41, 5.74) is 0.893. The van der Waals surface area contributed by atoms with E-state index in [-0.39, 0.29) is 0 Å². The molecule has 0 radical (unpaired) electrons. The molecule has 1 aromatic rings. The maximum Gasteiger partial charge on any atom is 0.197 e. The molecule has 1 aromatic heterocycles. The number of rotatable bonds is 1. The SMILES string of the molecule is ClCc1cnc(Br)nc1Br. The Bertz CT molecular complexity index is 241. The first kappa shape index (κ1) is 8.43. The summed E-state index contributed by atoms with van der Waals surface area (Å²) in [5.74, 6) is 0.424. The molecule has 0 amide bonds. The fourth-order valence-electron chi connectivity index (χ4n) is 0.456. The highest BCUT2D eigenvalue weighted by Crippen LogP contribution is 2.16. The van der Waals surface area contributed by atoms with Gasteiger partial charge in [0.05, 0.1) is 5.88 Å². The van der Waals surface area contributed by atoms with Gasteiger partial charge in [0, 0.05) is 11.8 Å². The van der Waals surface area contributed by atoms with Crippen molar-refractivity contribution in [2.45, 2.75) is 5.88 Å². The molecular formula is C5H3Br2ClN2. The summed E-state index contributed by atoms with van der Waals surface area (Å²) in [7, 11) is 0. The van der Waals surface area contributed by atoms with Gasteiger partial charge >= 0.3 is 0 Å². The zero-order valence-electron chi connectivity index (χ0n) is 4.81. The van der Waals surface area contributed by atoms with Gasteiger partial charge < -0.3 is 0 Å². The lowest BCUT2D eigenvalue weighted by Crippen LogP contribution is -1.88. The van der Waals surface area contributed by atoms with E-state index in [9.17, 15) is 0 Å². The molecule has 0 unspecified atom stereocenters. The van der Waals surface area contributed by atoms with Crippen molar-refractivity contribution in [1.82, 2.24) is 9.97 Å². The van der Waals surface area contributed by atoms with Gasteiger partial charge in [0.1, 0.15) is 4.60 Å². The summed E-state index contributed by atoms with van der Waals surface area (Å²) < 4.78 is 1.30. The van der Waals surface area contributed by atoms with Crippen molar-refractivity contribution in [3.05, 3.63) is 21.1 Å². The van der Waals surface area contributed by atoms with Crippen LogP contribution in [0.25, 0.3) is 0 Å². The molecule has 2 nitrogen and oxygen atoms in total. The zero-order valence-corrected chi connectivity index (χ0v) is 8.74. The Balaban J connectivity index is 3.07. The molecule has 0 aliphatic carbocycles. The minimum absolute atomic E-state index is 0.424. The summed E-state index contributed by atoms with van der Waals surface area (Å²) in [5, 5.41) is 0. The first-order chi connectivity index (χ1) is 4.74. The third-order valence-electron chi connectivity index (χ3n) is 0.926. The standard InChI is InChI=1S/C5H3Br2ClN2/c6-4-3(1-8)2-9-5(7)10-4/h2H,1H2. The van der Waals surface area contributed by atoms with Gasteiger partial charge in [-0.3, -0.25) is 0 Å². The maximum atomic E-state index is 5.56.